The Morgan fingerprint density at radius 1 is 1.33 bits per heavy atom. The van der Waals surface area contributed by atoms with Crippen molar-refractivity contribution in [1.82, 2.24) is 0 Å². The third-order valence-electron chi connectivity index (χ3n) is 2.72. The second-order valence-electron chi connectivity index (χ2n) is 4.21. The zero-order valence-corrected chi connectivity index (χ0v) is 9.83. The van der Waals surface area contributed by atoms with Crippen LogP contribution in [0.2, 0.25) is 0 Å². The fourth-order valence-corrected chi connectivity index (χ4v) is 1.92. The molecular weight excluding hydrogens is 192 g/mol. The molecule has 88 valence electrons. The highest BCUT2D eigenvalue weighted by molar-refractivity contribution is 5.79. The first-order valence-corrected chi connectivity index (χ1v) is 5.97. The van der Waals surface area contributed by atoms with Gasteiger partial charge in [-0.05, 0) is 32.1 Å². The van der Waals surface area contributed by atoms with E-state index in [-0.39, 0.29) is 5.78 Å². The van der Waals surface area contributed by atoms with Gasteiger partial charge < -0.3 is 9.47 Å². The van der Waals surface area contributed by atoms with Gasteiger partial charge in [0, 0.05) is 19.6 Å². The average molecular weight is 214 g/mol. The van der Waals surface area contributed by atoms with E-state index in [9.17, 15) is 4.79 Å². The fraction of sp³-hybridized carbons (Fsp3) is 0.917. The number of Topliss-reactive ketones (excluding diaryl/α,β-unsaturated/α-hetero) is 1. The van der Waals surface area contributed by atoms with Crippen LogP contribution in [0.15, 0.2) is 0 Å². The number of ketones is 1. The maximum Gasteiger partial charge on any atom is 0.158 e. The van der Waals surface area contributed by atoms with Crippen molar-refractivity contribution in [3.63, 3.8) is 0 Å². The molecular formula is C12H22O3. The summed E-state index contributed by atoms with van der Waals surface area (Å²) in [5.74, 6) is 0.780. The van der Waals surface area contributed by atoms with Gasteiger partial charge >= 0.3 is 0 Å². The molecule has 3 heteroatoms. The summed E-state index contributed by atoms with van der Waals surface area (Å²) >= 11 is 0. The normalized spacial score (nSPS) is 24.9. The molecule has 0 amide bonds. The standard InChI is InChI=1S/C12H22O3/c1-3-5-14-9-11(13)6-10-7-12(8-10)15-4-2/h10,12H,3-9H2,1-2H3. The Hall–Kier alpha value is -0.410. The molecule has 0 saturated heterocycles. The Kier molecular flexibility index (Phi) is 5.88. The van der Waals surface area contributed by atoms with Gasteiger partial charge in [0.25, 0.3) is 0 Å². The van der Waals surface area contributed by atoms with Gasteiger partial charge in [-0.25, -0.2) is 0 Å². The number of rotatable bonds is 8. The summed E-state index contributed by atoms with van der Waals surface area (Å²) in [6, 6.07) is 0. The van der Waals surface area contributed by atoms with Gasteiger partial charge in [-0.3, -0.25) is 4.79 Å². The molecule has 0 atom stereocenters. The predicted molar refractivity (Wildman–Crippen MR) is 58.9 cm³/mol. The smallest absolute Gasteiger partial charge is 0.158 e. The highest BCUT2D eigenvalue weighted by atomic mass is 16.5. The van der Waals surface area contributed by atoms with Crippen molar-refractivity contribution in [3.8, 4) is 0 Å². The first kappa shape index (κ1) is 12.7. The van der Waals surface area contributed by atoms with Gasteiger partial charge in [-0.15, -0.1) is 0 Å². The average Bonchev–Trinajstić information content (AvgIpc) is 2.15. The topological polar surface area (TPSA) is 35.5 Å². The molecule has 3 nitrogen and oxygen atoms in total. The van der Waals surface area contributed by atoms with Crippen molar-refractivity contribution < 1.29 is 14.3 Å². The van der Waals surface area contributed by atoms with Crippen LogP contribution >= 0.6 is 0 Å². The van der Waals surface area contributed by atoms with E-state index in [0.29, 0.717) is 31.7 Å². The Balaban J connectivity index is 1.98. The lowest BCUT2D eigenvalue weighted by atomic mass is 9.79. The Morgan fingerprint density at radius 3 is 2.67 bits per heavy atom. The van der Waals surface area contributed by atoms with Crippen LogP contribution in [0.5, 0.6) is 0 Å². The summed E-state index contributed by atoms with van der Waals surface area (Å²) in [6.45, 7) is 5.83. The minimum Gasteiger partial charge on any atom is -0.378 e. The summed E-state index contributed by atoms with van der Waals surface area (Å²) in [4.78, 5) is 11.4. The molecule has 15 heavy (non-hydrogen) atoms. The summed E-state index contributed by atoms with van der Waals surface area (Å²) in [7, 11) is 0. The van der Waals surface area contributed by atoms with E-state index in [0.717, 1.165) is 25.9 Å². The fourth-order valence-electron chi connectivity index (χ4n) is 1.92. The maximum atomic E-state index is 11.4. The minimum absolute atomic E-state index is 0.239. The lowest BCUT2D eigenvalue weighted by Crippen LogP contribution is -2.33. The van der Waals surface area contributed by atoms with Crippen LogP contribution in [0.4, 0.5) is 0 Å². The van der Waals surface area contributed by atoms with E-state index in [1.807, 2.05) is 13.8 Å². The molecule has 0 radical (unpaired) electrons. The van der Waals surface area contributed by atoms with Crippen LogP contribution in [0.3, 0.4) is 0 Å². The lowest BCUT2D eigenvalue weighted by Gasteiger charge is -2.34. The summed E-state index contributed by atoms with van der Waals surface area (Å²) in [5.41, 5.74) is 0. The highest BCUT2D eigenvalue weighted by Crippen LogP contribution is 2.32. The molecule has 1 aliphatic rings. The zero-order valence-electron chi connectivity index (χ0n) is 9.83. The monoisotopic (exact) mass is 214 g/mol. The van der Waals surface area contributed by atoms with E-state index >= 15 is 0 Å². The van der Waals surface area contributed by atoms with Crippen molar-refractivity contribution in [2.45, 2.75) is 45.6 Å². The van der Waals surface area contributed by atoms with E-state index in [4.69, 9.17) is 9.47 Å². The Morgan fingerprint density at radius 2 is 2.07 bits per heavy atom. The van der Waals surface area contributed by atoms with Crippen LogP contribution in [0.25, 0.3) is 0 Å². The summed E-state index contributed by atoms with van der Waals surface area (Å²) in [5, 5.41) is 0. The van der Waals surface area contributed by atoms with Crippen molar-refractivity contribution in [2.75, 3.05) is 19.8 Å². The molecule has 1 saturated carbocycles. The number of carbonyl (C=O) groups is 1. The minimum atomic E-state index is 0.239. The molecule has 0 aromatic rings. The van der Waals surface area contributed by atoms with Gasteiger partial charge in [0.15, 0.2) is 5.78 Å². The van der Waals surface area contributed by atoms with Gasteiger partial charge in [0.2, 0.25) is 0 Å². The van der Waals surface area contributed by atoms with Crippen molar-refractivity contribution >= 4 is 5.78 Å². The molecule has 0 spiro atoms. The van der Waals surface area contributed by atoms with E-state index in [2.05, 4.69) is 0 Å². The predicted octanol–water partition coefficient (Wildman–Crippen LogP) is 2.19. The SMILES string of the molecule is CCCOCC(=O)CC1CC(OCC)C1. The van der Waals surface area contributed by atoms with Crippen LogP contribution in [0.1, 0.15) is 39.5 Å². The molecule has 0 bridgehead atoms. The lowest BCUT2D eigenvalue weighted by molar-refractivity contribution is -0.126. The molecule has 0 N–H and O–H groups in total. The van der Waals surface area contributed by atoms with Gasteiger partial charge in [-0.1, -0.05) is 6.92 Å². The summed E-state index contributed by atoms with van der Waals surface area (Å²) < 4.78 is 10.7. The highest BCUT2D eigenvalue weighted by Gasteiger charge is 2.30. The van der Waals surface area contributed by atoms with Crippen LogP contribution in [-0.4, -0.2) is 31.7 Å². The quantitative estimate of drug-likeness (QED) is 0.581. The Labute approximate surface area is 92.1 Å². The molecule has 0 unspecified atom stereocenters. The second-order valence-corrected chi connectivity index (χ2v) is 4.21. The summed E-state index contributed by atoms with van der Waals surface area (Å²) in [6.07, 6.45) is 4.15. The van der Waals surface area contributed by atoms with Gasteiger partial charge in [0.1, 0.15) is 6.61 Å². The molecule has 0 heterocycles. The third kappa shape index (κ3) is 4.76. The number of hydrogen-bond donors (Lipinski definition) is 0. The third-order valence-corrected chi connectivity index (χ3v) is 2.72. The van der Waals surface area contributed by atoms with E-state index < -0.39 is 0 Å². The van der Waals surface area contributed by atoms with Crippen LogP contribution < -0.4 is 0 Å². The van der Waals surface area contributed by atoms with Crippen molar-refractivity contribution in [2.24, 2.45) is 5.92 Å². The molecule has 0 aliphatic heterocycles. The first-order chi connectivity index (χ1) is 7.26. The largest absolute Gasteiger partial charge is 0.378 e. The molecule has 1 aliphatic carbocycles. The van der Waals surface area contributed by atoms with Gasteiger partial charge in [-0.2, -0.15) is 0 Å². The van der Waals surface area contributed by atoms with E-state index in [1.54, 1.807) is 0 Å². The number of hydrogen-bond acceptors (Lipinski definition) is 3. The number of carbonyl (C=O) groups excluding carboxylic acids is 1. The molecule has 0 aromatic heterocycles. The maximum absolute atomic E-state index is 11.4. The number of ether oxygens (including phenoxy) is 2. The van der Waals surface area contributed by atoms with Gasteiger partial charge in [0.05, 0.1) is 6.10 Å². The zero-order chi connectivity index (χ0) is 11.1. The molecule has 0 aromatic carbocycles. The van der Waals surface area contributed by atoms with Crippen molar-refractivity contribution in [3.05, 3.63) is 0 Å². The molecule has 1 rings (SSSR count). The van der Waals surface area contributed by atoms with E-state index in [1.165, 1.54) is 0 Å². The van der Waals surface area contributed by atoms with Crippen LogP contribution in [0, 0.1) is 5.92 Å². The van der Waals surface area contributed by atoms with Crippen molar-refractivity contribution in [1.29, 1.82) is 0 Å². The molecule has 1 fully saturated rings. The first-order valence-electron chi connectivity index (χ1n) is 5.97. The Bertz CT molecular complexity index is 185. The van der Waals surface area contributed by atoms with Crippen LogP contribution in [-0.2, 0) is 14.3 Å². The second kappa shape index (κ2) is 6.96.